The van der Waals surface area contributed by atoms with Gasteiger partial charge in [-0.25, -0.2) is 0 Å². The molecule has 384 valence electrons. The number of ether oxygens (including phenoxy) is 10. The minimum absolute atomic E-state index is 0. The van der Waals surface area contributed by atoms with E-state index >= 15 is 0 Å². The Morgan fingerprint density at radius 1 is 0.493 bits per heavy atom. The summed E-state index contributed by atoms with van der Waals surface area (Å²) in [4.78, 5) is 51.7. The number of allylic oxidation sites excluding steroid dienone is 8. The fraction of sp³-hybridized carbons (Fsp3) is 0.542. The van der Waals surface area contributed by atoms with Gasteiger partial charge in [0.25, 0.3) is 11.8 Å². The summed E-state index contributed by atoms with van der Waals surface area (Å²) >= 11 is 12.4. The molecule has 0 unspecified atom stereocenters. The van der Waals surface area contributed by atoms with Gasteiger partial charge >= 0.3 is 0 Å². The molecule has 3 aliphatic carbocycles. The molecule has 1 saturated carbocycles. The van der Waals surface area contributed by atoms with Gasteiger partial charge in [-0.2, -0.15) is 0 Å². The zero-order chi connectivity index (χ0) is 48.0. The minimum Gasteiger partial charge on any atom is -0.487 e. The third-order valence-electron chi connectivity index (χ3n) is 10.5. The zero-order valence-corrected chi connectivity index (χ0v) is 41.2. The van der Waals surface area contributed by atoms with Crippen LogP contribution in [0.5, 0.6) is 11.5 Å². The second-order valence-electron chi connectivity index (χ2n) is 15.4. The normalized spacial score (nSPS) is 24.1. The van der Waals surface area contributed by atoms with E-state index in [0.29, 0.717) is 75.1 Å². The van der Waals surface area contributed by atoms with E-state index < -0.39 is 11.8 Å². The van der Waals surface area contributed by atoms with Crippen LogP contribution in [0.2, 0.25) is 0 Å². The number of ketones is 2. The minimum atomic E-state index is -0.400. The van der Waals surface area contributed by atoms with Crippen molar-refractivity contribution in [3.63, 3.8) is 0 Å². The van der Waals surface area contributed by atoms with Crippen molar-refractivity contribution in [2.75, 3.05) is 119 Å². The third kappa shape index (κ3) is 20.8. The van der Waals surface area contributed by atoms with E-state index in [4.69, 9.17) is 70.6 Å². The van der Waals surface area contributed by atoms with E-state index in [1.54, 1.807) is 61.0 Å². The molecule has 4 N–H and O–H groups in total. The van der Waals surface area contributed by atoms with E-state index in [9.17, 15) is 19.2 Å². The molecule has 69 heavy (non-hydrogen) atoms. The second-order valence-corrected chi connectivity index (χ2v) is 16.0. The van der Waals surface area contributed by atoms with Gasteiger partial charge in [0.1, 0.15) is 13.2 Å². The number of nitrogens with one attached hydrogen (secondary N) is 4. The standard InChI is InChI=1S/C48H64Cl2N4O14.Ni/c49-29-35-11-12-36(30-50)48-47(35)67-33-43(55)51-13-15-59-17-19-61-21-23-63-25-27-65-41-9-3-5-37(45(41)57)31-53-39-7-1-2-8-40(39)54-32-38-6-4-10-42(46(38)58)66-28-26-64-24-22-62-20-18-60-16-14-52-44(56)34-68-48;/h3-6,9-12,31-32,39-40,53-54H,1-2,7-8,13-30,33-34H2,(H,51,55)(H,52,56);/b37-31-,38-32+;/t39-,40-;/m0./s1. The van der Waals surface area contributed by atoms with Crippen LogP contribution in [-0.2, 0) is 85.3 Å². The number of alkyl halides is 2. The topological polar surface area (TPSA) is 209 Å². The van der Waals surface area contributed by atoms with Crippen LogP contribution < -0.4 is 30.7 Å². The number of carbonyl (C=O) groups is 4. The molecule has 4 bridgehead atoms. The van der Waals surface area contributed by atoms with Crippen LogP contribution in [0.3, 0.4) is 0 Å². The first kappa shape index (κ1) is 57.2. The van der Waals surface area contributed by atoms with Crippen molar-refractivity contribution in [3.05, 3.63) is 94.8 Å². The van der Waals surface area contributed by atoms with Gasteiger partial charge in [0.05, 0.1) is 91.0 Å². The quantitative estimate of drug-likeness (QED) is 0.247. The Hall–Kier alpha value is -4.43. The van der Waals surface area contributed by atoms with Crippen LogP contribution in [0.1, 0.15) is 36.8 Å². The Morgan fingerprint density at radius 3 is 1.23 bits per heavy atom. The molecular weight excluding hydrogens is 986 g/mol. The van der Waals surface area contributed by atoms with Crippen LogP contribution in [-0.4, -0.2) is 154 Å². The second kappa shape index (κ2) is 34.0. The maximum Gasteiger partial charge on any atom is 0.258 e. The summed E-state index contributed by atoms with van der Waals surface area (Å²) in [6, 6.07) is 3.51. The Kier molecular flexibility index (Phi) is 28.2. The summed E-state index contributed by atoms with van der Waals surface area (Å²) in [5, 5.41) is 12.4. The number of benzene rings is 1. The van der Waals surface area contributed by atoms with Crippen LogP contribution in [0, 0.1) is 0 Å². The molecular formula is C48H64Cl2N4NiO14. The number of fused-ring (bicyclic) bond motifs is 6. The van der Waals surface area contributed by atoms with Gasteiger partial charge in [-0.3, -0.25) is 19.2 Å². The van der Waals surface area contributed by atoms with E-state index in [0.717, 1.165) is 25.7 Å². The largest absolute Gasteiger partial charge is 0.487 e. The first-order valence-electron chi connectivity index (χ1n) is 22.9. The molecule has 0 spiro atoms. The fourth-order valence-corrected chi connectivity index (χ4v) is 7.44. The van der Waals surface area contributed by atoms with E-state index in [-0.39, 0.29) is 141 Å². The van der Waals surface area contributed by atoms with Crippen molar-refractivity contribution in [2.24, 2.45) is 0 Å². The number of rotatable bonds is 2. The monoisotopic (exact) mass is 1050 g/mol. The van der Waals surface area contributed by atoms with Gasteiger partial charge in [0.15, 0.2) is 36.2 Å². The number of halogens is 2. The van der Waals surface area contributed by atoms with E-state index in [2.05, 4.69) is 21.3 Å². The first-order chi connectivity index (χ1) is 33.4. The molecule has 1 fully saturated rings. The summed E-state index contributed by atoms with van der Waals surface area (Å²) in [5.41, 5.74) is 2.07. The molecule has 18 nitrogen and oxygen atoms in total. The summed E-state index contributed by atoms with van der Waals surface area (Å²) in [5.74, 6) is -0.223. The molecule has 1 aliphatic heterocycles. The summed E-state index contributed by atoms with van der Waals surface area (Å²) in [6.07, 6.45) is 17.6. The predicted molar refractivity (Wildman–Crippen MR) is 252 cm³/mol. The molecule has 1 aromatic rings. The van der Waals surface area contributed by atoms with Crippen molar-refractivity contribution in [3.8, 4) is 11.5 Å². The van der Waals surface area contributed by atoms with Crippen LogP contribution >= 0.6 is 23.2 Å². The first-order valence-corrected chi connectivity index (χ1v) is 24.0. The summed E-state index contributed by atoms with van der Waals surface area (Å²) in [7, 11) is 0. The van der Waals surface area contributed by atoms with Gasteiger partial charge in [-0.1, -0.05) is 37.1 Å². The van der Waals surface area contributed by atoms with Crippen molar-refractivity contribution < 1.29 is 83.0 Å². The van der Waals surface area contributed by atoms with E-state index in [1.807, 2.05) is 0 Å². The molecule has 0 saturated heterocycles. The van der Waals surface area contributed by atoms with Crippen molar-refractivity contribution in [2.45, 2.75) is 49.5 Å². The van der Waals surface area contributed by atoms with Gasteiger partial charge in [0.2, 0.25) is 11.6 Å². The van der Waals surface area contributed by atoms with Gasteiger partial charge in [-0.05, 0) is 37.1 Å². The molecule has 4 aliphatic rings. The Balaban J connectivity index is 0.0000104. The SMILES string of the molecule is O=C1COc2c(CCl)ccc(CCl)c2OCC(=O)NCCOCCOCCOCCOC2=CC=C/C(=C\N[C@H]3CCCC[C@@H]3N/C=C3/C=CC=C(OCCOCCOCCOCCN1)C3=O)C2=O.[Ni]. The van der Waals surface area contributed by atoms with Crippen molar-refractivity contribution >= 4 is 46.6 Å². The third-order valence-corrected chi connectivity index (χ3v) is 11.1. The number of hydrogen-bond acceptors (Lipinski definition) is 16. The smallest absolute Gasteiger partial charge is 0.258 e. The molecule has 1 heterocycles. The molecule has 0 aromatic heterocycles. The summed E-state index contributed by atoms with van der Waals surface area (Å²) in [6.45, 7) is 3.78. The predicted octanol–water partition coefficient (Wildman–Crippen LogP) is 3.60. The number of Topliss-reactive ketones (excluding diaryl/α,β-unsaturated/α-hetero) is 2. The molecule has 1 aromatic carbocycles. The fourth-order valence-electron chi connectivity index (χ4n) is 7.02. The van der Waals surface area contributed by atoms with Gasteiger partial charge in [-0.15, -0.1) is 23.2 Å². The molecule has 21 heteroatoms. The average Bonchev–Trinajstić information content (AvgIpc) is 3.35. The molecule has 0 radical (unpaired) electrons. The molecule has 2 atom stereocenters. The van der Waals surface area contributed by atoms with Gasteiger partial charge < -0.3 is 68.6 Å². The molecule has 5 rings (SSSR count). The maximum absolute atomic E-state index is 13.2. The van der Waals surface area contributed by atoms with Crippen LogP contribution in [0.4, 0.5) is 0 Å². The van der Waals surface area contributed by atoms with Crippen LogP contribution in [0.15, 0.2) is 83.7 Å². The van der Waals surface area contributed by atoms with E-state index in [1.165, 1.54) is 0 Å². The number of amides is 2. The Labute approximate surface area is 423 Å². The maximum atomic E-state index is 13.2. The Morgan fingerprint density at radius 2 is 0.855 bits per heavy atom. The Bertz CT molecular complexity index is 1840. The molecule has 2 amide bonds. The van der Waals surface area contributed by atoms with Gasteiger partial charge in [0, 0.05) is 76.3 Å². The van der Waals surface area contributed by atoms with Crippen LogP contribution in [0.25, 0.3) is 0 Å². The zero-order valence-electron chi connectivity index (χ0n) is 38.7. The van der Waals surface area contributed by atoms with Crippen molar-refractivity contribution in [1.82, 2.24) is 21.3 Å². The number of hydrogen-bond donors (Lipinski definition) is 4. The average molecular weight is 1050 g/mol. The number of carbonyl (C=O) groups excluding carboxylic acids is 4. The van der Waals surface area contributed by atoms with Crippen molar-refractivity contribution in [1.29, 1.82) is 0 Å². The summed E-state index contributed by atoms with van der Waals surface area (Å²) < 4.78 is 56.7.